The highest BCUT2D eigenvalue weighted by Gasteiger charge is 2.12. The quantitative estimate of drug-likeness (QED) is 0.192. The maximum absolute atomic E-state index is 11.2. The van der Waals surface area contributed by atoms with E-state index in [0.717, 1.165) is 50.4 Å². The Morgan fingerprint density at radius 3 is 1.84 bits per heavy atom. The van der Waals surface area contributed by atoms with Gasteiger partial charge in [0.05, 0.1) is 24.6 Å². The highest BCUT2D eigenvalue weighted by atomic mass is 79.9. The molecule has 1 amide bonds. The minimum atomic E-state index is -0.102. The number of aryl methyl sites for hydroxylation is 2. The number of hydrogen-bond acceptors (Lipinski definition) is 6. The number of hydrogen-bond donors (Lipinski definition) is 2. The second kappa shape index (κ2) is 13.8. The summed E-state index contributed by atoms with van der Waals surface area (Å²) >= 11 is 6.68. The van der Waals surface area contributed by atoms with Crippen LogP contribution in [-0.2, 0) is 18.9 Å². The van der Waals surface area contributed by atoms with Gasteiger partial charge in [-0.25, -0.2) is 0 Å². The Labute approximate surface area is 233 Å². The number of nitrogen functional groups attached to an aromatic ring is 1. The van der Waals surface area contributed by atoms with Gasteiger partial charge >= 0.3 is 0 Å². The number of nitrogens with two attached hydrogens (primary N) is 1. The van der Waals surface area contributed by atoms with E-state index in [1.807, 2.05) is 62.6 Å². The number of aromatic nitrogens is 4. The molecule has 37 heavy (non-hydrogen) atoms. The molecule has 0 radical (unpaired) electrons. The van der Waals surface area contributed by atoms with E-state index in [0.29, 0.717) is 18.9 Å². The fourth-order valence-electron chi connectivity index (χ4n) is 3.58. The second-order valence-electron chi connectivity index (χ2n) is 7.90. The van der Waals surface area contributed by atoms with Crippen molar-refractivity contribution in [3.8, 4) is 34.0 Å². The third-order valence-corrected chi connectivity index (χ3v) is 5.81. The SMILES string of the molecule is CC(=O)Nc1ccc(OCCBr)c(-c2ccnn2C)c1.Cn1nccc1-c1cc(N)ccc1OCCBr. The lowest BCUT2D eigenvalue weighted by molar-refractivity contribution is -0.114. The summed E-state index contributed by atoms with van der Waals surface area (Å²) in [5.74, 6) is 1.49. The zero-order chi connectivity index (χ0) is 26.8. The maximum atomic E-state index is 11.2. The van der Waals surface area contributed by atoms with Crippen molar-refractivity contribution in [2.24, 2.45) is 14.1 Å². The van der Waals surface area contributed by atoms with Crippen molar-refractivity contribution < 1.29 is 14.3 Å². The van der Waals surface area contributed by atoms with E-state index in [1.54, 1.807) is 21.8 Å². The lowest BCUT2D eigenvalue weighted by Gasteiger charge is -2.13. The standard InChI is InChI=1S/C14H16BrN3O2.C12H14BrN3O/c1-10(19)17-11-3-4-14(20-8-6-15)12(9-11)13-5-7-16-18(13)2;1-16-11(4-6-15-16)10-8-9(14)2-3-12(10)17-7-5-13/h3-5,7,9H,6,8H2,1-2H3,(H,17,19);2-4,6,8H,5,7,14H2,1H3. The predicted molar refractivity (Wildman–Crippen MR) is 155 cm³/mol. The first-order valence-corrected chi connectivity index (χ1v) is 13.7. The molecular weight excluding hydrogens is 604 g/mol. The maximum Gasteiger partial charge on any atom is 0.221 e. The van der Waals surface area contributed by atoms with Crippen LogP contribution in [0.5, 0.6) is 11.5 Å². The molecule has 0 aliphatic heterocycles. The van der Waals surface area contributed by atoms with Crippen LogP contribution in [0.3, 0.4) is 0 Å². The zero-order valence-corrected chi connectivity index (χ0v) is 24.1. The molecule has 0 spiro atoms. The second-order valence-corrected chi connectivity index (χ2v) is 9.49. The zero-order valence-electron chi connectivity index (χ0n) is 20.9. The van der Waals surface area contributed by atoms with Gasteiger partial charge in [-0.1, -0.05) is 31.9 Å². The smallest absolute Gasteiger partial charge is 0.221 e. The van der Waals surface area contributed by atoms with Gasteiger partial charge in [0.15, 0.2) is 0 Å². The summed E-state index contributed by atoms with van der Waals surface area (Å²) in [7, 11) is 3.77. The first-order valence-electron chi connectivity index (χ1n) is 11.5. The summed E-state index contributed by atoms with van der Waals surface area (Å²) in [5.41, 5.74) is 11.1. The van der Waals surface area contributed by atoms with Crippen molar-refractivity contribution in [3.05, 3.63) is 60.9 Å². The number of carbonyl (C=O) groups is 1. The highest BCUT2D eigenvalue weighted by Crippen LogP contribution is 2.33. The van der Waals surface area contributed by atoms with Crippen molar-refractivity contribution in [2.75, 3.05) is 34.9 Å². The Hall–Kier alpha value is -3.31. The van der Waals surface area contributed by atoms with Crippen LogP contribution in [0.25, 0.3) is 22.5 Å². The number of amides is 1. The third kappa shape index (κ3) is 7.83. The number of rotatable bonds is 9. The van der Waals surface area contributed by atoms with Crippen LogP contribution >= 0.6 is 31.9 Å². The third-order valence-electron chi connectivity index (χ3n) is 5.17. The molecule has 2 aromatic carbocycles. The molecule has 9 nitrogen and oxygen atoms in total. The lowest BCUT2D eigenvalue weighted by Crippen LogP contribution is -2.07. The Morgan fingerprint density at radius 1 is 0.865 bits per heavy atom. The normalized spacial score (nSPS) is 10.4. The van der Waals surface area contributed by atoms with Crippen molar-refractivity contribution >= 4 is 49.1 Å². The Morgan fingerprint density at radius 2 is 1.38 bits per heavy atom. The average molecular weight is 634 g/mol. The fraction of sp³-hybridized carbons (Fsp3) is 0.269. The van der Waals surface area contributed by atoms with E-state index in [9.17, 15) is 4.79 Å². The van der Waals surface area contributed by atoms with Gasteiger partial charge in [-0.05, 0) is 48.5 Å². The van der Waals surface area contributed by atoms with Gasteiger partial charge in [-0.2, -0.15) is 10.2 Å². The number of anilines is 2. The van der Waals surface area contributed by atoms with Crippen LogP contribution in [0, 0.1) is 0 Å². The summed E-state index contributed by atoms with van der Waals surface area (Å²) in [6, 6.07) is 15.1. The van der Waals surface area contributed by atoms with Gasteiger partial charge in [0, 0.05) is 66.6 Å². The largest absolute Gasteiger partial charge is 0.492 e. The van der Waals surface area contributed by atoms with Crippen LogP contribution in [0.15, 0.2) is 60.9 Å². The van der Waals surface area contributed by atoms with E-state index < -0.39 is 0 Å². The van der Waals surface area contributed by atoms with Gasteiger partial charge in [0.2, 0.25) is 5.91 Å². The van der Waals surface area contributed by atoms with Gasteiger partial charge in [0.25, 0.3) is 0 Å². The number of nitrogens with one attached hydrogen (secondary N) is 1. The molecule has 0 unspecified atom stereocenters. The highest BCUT2D eigenvalue weighted by molar-refractivity contribution is 9.09. The molecule has 0 aliphatic carbocycles. The molecule has 4 aromatic rings. The molecule has 2 aromatic heterocycles. The van der Waals surface area contributed by atoms with Gasteiger partial charge < -0.3 is 20.5 Å². The van der Waals surface area contributed by atoms with E-state index >= 15 is 0 Å². The summed E-state index contributed by atoms with van der Waals surface area (Å²) in [4.78, 5) is 11.2. The molecular formula is C26H30Br2N6O3. The molecule has 0 aliphatic rings. The van der Waals surface area contributed by atoms with E-state index in [-0.39, 0.29) is 5.91 Å². The number of alkyl halides is 2. The number of halogens is 2. The molecule has 0 atom stereocenters. The summed E-state index contributed by atoms with van der Waals surface area (Å²) in [5, 5.41) is 12.7. The van der Waals surface area contributed by atoms with Gasteiger partial charge in [0.1, 0.15) is 11.5 Å². The molecule has 196 valence electrons. The minimum Gasteiger partial charge on any atom is -0.492 e. The van der Waals surface area contributed by atoms with Crippen LogP contribution in [0.1, 0.15) is 6.92 Å². The Balaban J connectivity index is 0.000000208. The summed E-state index contributed by atoms with van der Waals surface area (Å²) < 4.78 is 15.0. The van der Waals surface area contributed by atoms with Gasteiger partial charge in [-0.3, -0.25) is 14.2 Å². The molecule has 3 N–H and O–H groups in total. The van der Waals surface area contributed by atoms with Crippen LogP contribution in [0.4, 0.5) is 11.4 Å². The van der Waals surface area contributed by atoms with Crippen molar-refractivity contribution in [3.63, 3.8) is 0 Å². The summed E-state index contributed by atoms with van der Waals surface area (Å²) in [6.45, 7) is 2.68. The van der Waals surface area contributed by atoms with Crippen LogP contribution in [0.2, 0.25) is 0 Å². The van der Waals surface area contributed by atoms with E-state index in [1.165, 1.54) is 6.92 Å². The monoisotopic (exact) mass is 632 g/mol. The van der Waals surface area contributed by atoms with E-state index in [4.69, 9.17) is 15.2 Å². The van der Waals surface area contributed by atoms with Crippen LogP contribution < -0.4 is 20.5 Å². The molecule has 11 heteroatoms. The van der Waals surface area contributed by atoms with Crippen molar-refractivity contribution in [2.45, 2.75) is 6.92 Å². The molecule has 0 bridgehead atoms. The van der Waals surface area contributed by atoms with Crippen molar-refractivity contribution in [1.29, 1.82) is 0 Å². The number of ether oxygens (including phenoxy) is 2. The molecule has 4 rings (SSSR count). The van der Waals surface area contributed by atoms with Crippen LogP contribution in [-0.4, -0.2) is 49.3 Å². The molecule has 0 saturated heterocycles. The molecule has 2 heterocycles. The number of nitrogens with zero attached hydrogens (tertiary/aromatic N) is 4. The first-order chi connectivity index (χ1) is 17.8. The predicted octanol–water partition coefficient (Wildman–Crippen LogP) is 5.26. The fourth-order valence-corrected chi connectivity index (χ4v) is 3.91. The van der Waals surface area contributed by atoms with Crippen molar-refractivity contribution in [1.82, 2.24) is 19.6 Å². The molecule has 0 fully saturated rings. The summed E-state index contributed by atoms with van der Waals surface area (Å²) in [6.07, 6.45) is 3.49. The van der Waals surface area contributed by atoms with Gasteiger partial charge in [-0.15, -0.1) is 0 Å². The lowest BCUT2D eigenvalue weighted by atomic mass is 10.1. The number of carbonyl (C=O) groups excluding carboxylic acids is 1. The Bertz CT molecular complexity index is 1320. The number of benzene rings is 2. The average Bonchev–Trinajstić information content (AvgIpc) is 3.50. The Kier molecular flexibility index (Phi) is 10.6. The minimum absolute atomic E-state index is 0.102. The molecule has 0 saturated carbocycles. The first kappa shape index (κ1) is 28.3. The van der Waals surface area contributed by atoms with E-state index in [2.05, 4.69) is 47.4 Å². The topological polar surface area (TPSA) is 109 Å².